The summed E-state index contributed by atoms with van der Waals surface area (Å²) in [5, 5.41) is 3.15. The molecule has 4 heteroatoms. The number of halogens is 1. The van der Waals surface area contributed by atoms with Gasteiger partial charge >= 0.3 is 0 Å². The number of nitrogens with one attached hydrogen (secondary N) is 1. The smallest absolute Gasteiger partial charge is 0.228 e. The van der Waals surface area contributed by atoms with Crippen molar-refractivity contribution in [3.63, 3.8) is 0 Å². The van der Waals surface area contributed by atoms with Crippen LogP contribution in [0.1, 0.15) is 5.56 Å². The van der Waals surface area contributed by atoms with Crippen molar-refractivity contribution in [3.05, 3.63) is 60.2 Å². The topological polar surface area (TPSA) is 32.3 Å². The van der Waals surface area contributed by atoms with E-state index < -0.39 is 0 Å². The van der Waals surface area contributed by atoms with Crippen LogP contribution in [0, 0.1) is 5.92 Å². The van der Waals surface area contributed by atoms with Crippen LogP contribution in [-0.2, 0) is 11.3 Å². The Bertz CT molecular complexity index is 626. The van der Waals surface area contributed by atoms with E-state index in [0.717, 1.165) is 13.1 Å². The minimum atomic E-state index is 0. The molecule has 22 heavy (non-hydrogen) atoms. The second-order valence-electron chi connectivity index (χ2n) is 5.57. The van der Waals surface area contributed by atoms with Crippen LogP contribution in [0.3, 0.4) is 0 Å². The highest BCUT2D eigenvalue weighted by atomic mass is 35.5. The van der Waals surface area contributed by atoms with E-state index in [1.54, 1.807) is 0 Å². The van der Waals surface area contributed by atoms with Gasteiger partial charge in [-0.1, -0.05) is 54.6 Å². The van der Waals surface area contributed by atoms with Crippen molar-refractivity contribution in [2.45, 2.75) is 6.54 Å². The summed E-state index contributed by atoms with van der Waals surface area (Å²) in [6, 6.07) is 18.6. The molecule has 1 fully saturated rings. The normalized spacial score (nSPS) is 13.9. The zero-order chi connectivity index (χ0) is 14.7. The van der Waals surface area contributed by atoms with Gasteiger partial charge in [-0.15, -0.1) is 12.4 Å². The molecule has 0 bridgehead atoms. The molecule has 1 aliphatic heterocycles. The number of benzene rings is 2. The summed E-state index contributed by atoms with van der Waals surface area (Å²) in [7, 11) is 1.89. The van der Waals surface area contributed by atoms with Gasteiger partial charge in [0.05, 0.1) is 5.92 Å². The Kier molecular flexibility index (Phi) is 5.58. The number of hydrogen-bond acceptors (Lipinski definition) is 2. The van der Waals surface area contributed by atoms with Gasteiger partial charge in [0.25, 0.3) is 0 Å². The van der Waals surface area contributed by atoms with Crippen molar-refractivity contribution in [3.8, 4) is 11.1 Å². The molecule has 1 N–H and O–H groups in total. The molecule has 2 aromatic rings. The zero-order valence-corrected chi connectivity index (χ0v) is 13.5. The molecule has 0 aliphatic carbocycles. The van der Waals surface area contributed by atoms with Crippen molar-refractivity contribution in [1.82, 2.24) is 10.2 Å². The molecule has 3 rings (SSSR count). The van der Waals surface area contributed by atoms with Crippen molar-refractivity contribution >= 4 is 18.3 Å². The molecular formula is C18H21ClN2O. The molecule has 1 saturated heterocycles. The molecule has 0 aromatic heterocycles. The lowest BCUT2D eigenvalue weighted by Crippen LogP contribution is -2.51. The summed E-state index contributed by atoms with van der Waals surface area (Å²) in [4.78, 5) is 14.1. The second-order valence-corrected chi connectivity index (χ2v) is 5.57. The van der Waals surface area contributed by atoms with Gasteiger partial charge in [0.2, 0.25) is 5.91 Å². The second kappa shape index (κ2) is 7.43. The average molecular weight is 317 g/mol. The maximum Gasteiger partial charge on any atom is 0.228 e. The van der Waals surface area contributed by atoms with Gasteiger partial charge in [-0.25, -0.2) is 0 Å². The molecule has 3 nitrogen and oxygen atoms in total. The van der Waals surface area contributed by atoms with E-state index in [9.17, 15) is 4.79 Å². The van der Waals surface area contributed by atoms with Crippen molar-refractivity contribution in [1.29, 1.82) is 0 Å². The predicted octanol–water partition coefficient (Wildman–Crippen LogP) is 2.95. The van der Waals surface area contributed by atoms with Crippen LogP contribution >= 0.6 is 12.4 Å². The van der Waals surface area contributed by atoms with E-state index in [4.69, 9.17) is 0 Å². The number of hydrogen-bond donors (Lipinski definition) is 1. The van der Waals surface area contributed by atoms with Gasteiger partial charge < -0.3 is 10.2 Å². The lowest BCUT2D eigenvalue weighted by molar-refractivity contribution is -0.136. The average Bonchev–Trinajstić information content (AvgIpc) is 2.47. The maximum absolute atomic E-state index is 12.3. The fourth-order valence-corrected chi connectivity index (χ4v) is 2.67. The van der Waals surface area contributed by atoms with Gasteiger partial charge in [0.15, 0.2) is 0 Å². The summed E-state index contributed by atoms with van der Waals surface area (Å²) in [6.07, 6.45) is 0. The lowest BCUT2D eigenvalue weighted by Gasteiger charge is -2.30. The third kappa shape index (κ3) is 3.49. The standard InChI is InChI=1S/C18H20N2O.ClH/c1-20(18(21)16-11-19-12-16)13-15-9-5-6-10-17(15)14-7-3-2-4-8-14;/h2-10,16,19H,11-13H2,1H3;1H. The molecule has 1 aliphatic rings. The first-order chi connectivity index (χ1) is 10.3. The predicted molar refractivity (Wildman–Crippen MR) is 92.0 cm³/mol. The summed E-state index contributed by atoms with van der Waals surface area (Å²) in [6.45, 7) is 2.27. The fraction of sp³-hybridized carbons (Fsp3) is 0.278. The largest absolute Gasteiger partial charge is 0.341 e. The third-order valence-electron chi connectivity index (χ3n) is 4.02. The van der Waals surface area contributed by atoms with Gasteiger partial charge in [-0.05, 0) is 16.7 Å². The van der Waals surface area contributed by atoms with E-state index in [2.05, 4.69) is 29.6 Å². The van der Waals surface area contributed by atoms with Crippen LogP contribution in [0.15, 0.2) is 54.6 Å². The Morgan fingerprint density at radius 1 is 1.09 bits per heavy atom. The first kappa shape index (κ1) is 16.5. The minimum absolute atomic E-state index is 0. The van der Waals surface area contributed by atoms with Crippen LogP contribution in [0.25, 0.3) is 11.1 Å². The SMILES string of the molecule is CN(Cc1ccccc1-c1ccccc1)C(=O)C1CNC1.Cl. The first-order valence-corrected chi connectivity index (χ1v) is 7.35. The Balaban J connectivity index is 0.00000176. The molecule has 0 atom stereocenters. The van der Waals surface area contributed by atoms with E-state index >= 15 is 0 Å². The molecule has 116 valence electrons. The number of carbonyl (C=O) groups excluding carboxylic acids is 1. The molecule has 2 aromatic carbocycles. The number of carbonyl (C=O) groups is 1. The van der Waals surface area contributed by atoms with Crippen LogP contribution in [-0.4, -0.2) is 30.9 Å². The maximum atomic E-state index is 12.3. The Morgan fingerprint density at radius 2 is 1.73 bits per heavy atom. The number of amides is 1. The van der Waals surface area contributed by atoms with Gasteiger partial charge in [-0.2, -0.15) is 0 Å². The van der Waals surface area contributed by atoms with E-state index in [-0.39, 0.29) is 24.2 Å². The minimum Gasteiger partial charge on any atom is -0.341 e. The molecule has 1 heterocycles. The first-order valence-electron chi connectivity index (χ1n) is 7.35. The fourth-order valence-electron chi connectivity index (χ4n) is 2.67. The summed E-state index contributed by atoms with van der Waals surface area (Å²) in [5.41, 5.74) is 3.58. The van der Waals surface area contributed by atoms with Crippen LogP contribution in [0.2, 0.25) is 0 Å². The van der Waals surface area contributed by atoms with Crippen molar-refractivity contribution in [2.24, 2.45) is 5.92 Å². The van der Waals surface area contributed by atoms with Crippen molar-refractivity contribution < 1.29 is 4.79 Å². The monoisotopic (exact) mass is 316 g/mol. The third-order valence-corrected chi connectivity index (χ3v) is 4.02. The van der Waals surface area contributed by atoms with Gasteiger partial charge in [0.1, 0.15) is 0 Å². The molecule has 1 amide bonds. The highest BCUT2D eigenvalue weighted by Gasteiger charge is 2.27. The summed E-state index contributed by atoms with van der Waals surface area (Å²) >= 11 is 0. The molecule has 0 spiro atoms. The molecule has 0 radical (unpaired) electrons. The molecular weight excluding hydrogens is 296 g/mol. The summed E-state index contributed by atoms with van der Waals surface area (Å²) < 4.78 is 0. The highest BCUT2D eigenvalue weighted by Crippen LogP contribution is 2.24. The van der Waals surface area contributed by atoms with Crippen LogP contribution in [0.4, 0.5) is 0 Å². The highest BCUT2D eigenvalue weighted by molar-refractivity contribution is 5.85. The van der Waals surface area contributed by atoms with Crippen LogP contribution < -0.4 is 5.32 Å². The van der Waals surface area contributed by atoms with Crippen LogP contribution in [0.5, 0.6) is 0 Å². The Morgan fingerprint density at radius 3 is 2.36 bits per heavy atom. The Labute approximate surface area is 137 Å². The van der Waals surface area contributed by atoms with Gasteiger partial charge in [0, 0.05) is 26.7 Å². The number of rotatable bonds is 4. The van der Waals surface area contributed by atoms with E-state index in [1.165, 1.54) is 16.7 Å². The lowest BCUT2D eigenvalue weighted by atomic mass is 9.98. The van der Waals surface area contributed by atoms with E-state index in [0.29, 0.717) is 6.54 Å². The Hall–Kier alpha value is -1.84. The zero-order valence-electron chi connectivity index (χ0n) is 12.7. The molecule has 0 unspecified atom stereocenters. The quantitative estimate of drug-likeness (QED) is 0.940. The summed E-state index contributed by atoms with van der Waals surface area (Å²) in [5.74, 6) is 0.385. The number of nitrogens with zero attached hydrogens (tertiary/aromatic N) is 1. The molecule has 0 saturated carbocycles. The van der Waals surface area contributed by atoms with Gasteiger partial charge in [-0.3, -0.25) is 4.79 Å². The van der Waals surface area contributed by atoms with E-state index in [1.807, 2.05) is 42.3 Å². The van der Waals surface area contributed by atoms with Crippen molar-refractivity contribution in [2.75, 3.05) is 20.1 Å².